The van der Waals surface area contributed by atoms with Crippen molar-refractivity contribution in [3.8, 4) is 12.1 Å². The lowest BCUT2D eigenvalue weighted by atomic mass is 9.76. The van der Waals surface area contributed by atoms with Gasteiger partial charge in [0.15, 0.2) is 5.41 Å². The number of carbonyl (C=O) groups is 1. The maximum atomic E-state index is 11.4. The van der Waals surface area contributed by atoms with Gasteiger partial charge >= 0.3 is 5.97 Å². The van der Waals surface area contributed by atoms with Crippen molar-refractivity contribution < 1.29 is 9.53 Å². The first-order valence-corrected chi connectivity index (χ1v) is 4.68. The Hall–Kier alpha value is -1.81. The molecule has 0 aromatic rings. The summed E-state index contributed by atoms with van der Waals surface area (Å²) in [4.78, 5) is 11.4. The van der Waals surface area contributed by atoms with E-state index in [1.165, 1.54) is 13.0 Å². The average molecular weight is 206 g/mol. The summed E-state index contributed by atoms with van der Waals surface area (Å²) < 4.78 is 4.78. The van der Waals surface area contributed by atoms with Crippen molar-refractivity contribution >= 4 is 5.97 Å². The van der Waals surface area contributed by atoms with Crippen LogP contribution in [0.3, 0.4) is 0 Å². The van der Waals surface area contributed by atoms with Gasteiger partial charge in [-0.15, -0.1) is 6.58 Å². The standard InChI is InChI=1S/C11H14N2O2/c1-4-6-11(7-12,8-13)9(3)10(14)15-5-2/h4,9H,1,5-6H2,2-3H3. The minimum Gasteiger partial charge on any atom is -0.466 e. The van der Waals surface area contributed by atoms with Crippen molar-refractivity contribution in [1.29, 1.82) is 10.5 Å². The molecule has 1 atom stereocenters. The molecule has 0 heterocycles. The predicted octanol–water partition coefficient (Wildman–Crippen LogP) is 1.80. The Labute approximate surface area is 89.8 Å². The molecule has 0 aromatic heterocycles. The van der Waals surface area contributed by atoms with E-state index in [1.807, 2.05) is 12.1 Å². The van der Waals surface area contributed by atoms with Gasteiger partial charge in [-0.3, -0.25) is 4.79 Å². The van der Waals surface area contributed by atoms with E-state index >= 15 is 0 Å². The van der Waals surface area contributed by atoms with Crippen LogP contribution < -0.4 is 0 Å². The molecular formula is C11H14N2O2. The number of nitrogens with zero attached hydrogens (tertiary/aromatic N) is 2. The second kappa shape index (κ2) is 5.82. The van der Waals surface area contributed by atoms with Gasteiger partial charge in [0.1, 0.15) is 0 Å². The second-order valence-electron chi connectivity index (χ2n) is 3.16. The number of allylic oxidation sites excluding steroid dienone is 1. The van der Waals surface area contributed by atoms with Crippen LogP contribution in [0, 0.1) is 34.0 Å². The molecule has 0 amide bonds. The van der Waals surface area contributed by atoms with E-state index in [0.717, 1.165) is 0 Å². The van der Waals surface area contributed by atoms with Crippen LogP contribution in [0.4, 0.5) is 0 Å². The monoisotopic (exact) mass is 206 g/mol. The molecule has 0 saturated carbocycles. The van der Waals surface area contributed by atoms with E-state index in [4.69, 9.17) is 15.3 Å². The molecule has 15 heavy (non-hydrogen) atoms. The summed E-state index contributed by atoms with van der Waals surface area (Å²) in [6, 6.07) is 3.74. The van der Waals surface area contributed by atoms with Gasteiger partial charge in [0, 0.05) is 0 Å². The zero-order chi connectivity index (χ0) is 11.9. The molecule has 0 aliphatic heterocycles. The molecule has 0 saturated heterocycles. The molecule has 0 aliphatic carbocycles. The molecule has 1 unspecified atom stereocenters. The lowest BCUT2D eigenvalue weighted by Crippen LogP contribution is -2.32. The van der Waals surface area contributed by atoms with Gasteiger partial charge in [-0.1, -0.05) is 6.08 Å². The number of ether oxygens (including phenoxy) is 1. The number of carbonyl (C=O) groups excluding carboxylic acids is 1. The molecule has 0 bridgehead atoms. The molecule has 4 heteroatoms. The smallest absolute Gasteiger partial charge is 0.311 e. The van der Waals surface area contributed by atoms with E-state index in [-0.39, 0.29) is 13.0 Å². The SMILES string of the molecule is C=CCC(C#N)(C#N)C(C)C(=O)OCC. The fourth-order valence-corrected chi connectivity index (χ4v) is 1.18. The van der Waals surface area contributed by atoms with Crippen LogP contribution in [0.2, 0.25) is 0 Å². The van der Waals surface area contributed by atoms with Crippen LogP contribution in [-0.4, -0.2) is 12.6 Å². The first-order valence-electron chi connectivity index (χ1n) is 4.68. The van der Waals surface area contributed by atoms with E-state index < -0.39 is 17.3 Å². The molecule has 80 valence electrons. The maximum absolute atomic E-state index is 11.4. The van der Waals surface area contributed by atoms with Gasteiger partial charge in [-0.2, -0.15) is 10.5 Å². The summed E-state index contributed by atoms with van der Waals surface area (Å²) in [6.45, 7) is 6.92. The van der Waals surface area contributed by atoms with Crippen LogP contribution in [0.5, 0.6) is 0 Å². The third-order valence-electron chi connectivity index (χ3n) is 2.24. The van der Waals surface area contributed by atoms with Crippen molar-refractivity contribution in [3.05, 3.63) is 12.7 Å². The summed E-state index contributed by atoms with van der Waals surface area (Å²) >= 11 is 0. The highest BCUT2D eigenvalue weighted by Crippen LogP contribution is 2.31. The van der Waals surface area contributed by atoms with Crippen molar-refractivity contribution in [1.82, 2.24) is 0 Å². The minimum atomic E-state index is -1.37. The number of hydrogen-bond donors (Lipinski definition) is 0. The highest BCUT2D eigenvalue weighted by Gasteiger charge is 2.41. The van der Waals surface area contributed by atoms with Crippen LogP contribution in [-0.2, 0) is 9.53 Å². The van der Waals surface area contributed by atoms with Gasteiger partial charge in [-0.25, -0.2) is 0 Å². The van der Waals surface area contributed by atoms with Gasteiger partial charge in [0.25, 0.3) is 0 Å². The maximum Gasteiger partial charge on any atom is 0.311 e. The van der Waals surface area contributed by atoms with Crippen LogP contribution in [0.1, 0.15) is 20.3 Å². The predicted molar refractivity (Wildman–Crippen MR) is 54.3 cm³/mol. The number of esters is 1. The van der Waals surface area contributed by atoms with Crippen LogP contribution in [0.25, 0.3) is 0 Å². The normalized spacial score (nSPS) is 12.0. The fraction of sp³-hybridized carbons (Fsp3) is 0.545. The van der Waals surface area contributed by atoms with Crippen LogP contribution in [0.15, 0.2) is 12.7 Å². The Morgan fingerprint density at radius 3 is 2.47 bits per heavy atom. The first kappa shape index (κ1) is 13.2. The molecule has 0 fully saturated rings. The third kappa shape index (κ3) is 2.82. The molecular weight excluding hydrogens is 192 g/mol. The number of hydrogen-bond acceptors (Lipinski definition) is 4. The Morgan fingerprint density at radius 1 is 1.60 bits per heavy atom. The highest BCUT2D eigenvalue weighted by molar-refractivity contribution is 5.74. The van der Waals surface area contributed by atoms with Gasteiger partial charge in [-0.05, 0) is 20.3 Å². The summed E-state index contributed by atoms with van der Waals surface area (Å²) in [5.74, 6) is -1.30. The number of nitriles is 2. The lowest BCUT2D eigenvalue weighted by molar-refractivity contribution is -0.149. The molecule has 0 spiro atoms. The van der Waals surface area contributed by atoms with Crippen molar-refractivity contribution in [2.45, 2.75) is 20.3 Å². The van der Waals surface area contributed by atoms with Crippen molar-refractivity contribution in [3.63, 3.8) is 0 Å². The zero-order valence-electron chi connectivity index (χ0n) is 8.99. The largest absolute Gasteiger partial charge is 0.466 e. The third-order valence-corrected chi connectivity index (χ3v) is 2.24. The average Bonchev–Trinajstić information content (AvgIpc) is 2.25. The first-order chi connectivity index (χ1) is 7.07. The summed E-state index contributed by atoms with van der Waals surface area (Å²) in [5, 5.41) is 17.9. The fourth-order valence-electron chi connectivity index (χ4n) is 1.18. The molecule has 0 radical (unpaired) electrons. The Balaban J connectivity index is 4.95. The lowest BCUT2D eigenvalue weighted by Gasteiger charge is -2.22. The summed E-state index contributed by atoms with van der Waals surface area (Å²) in [6.07, 6.45) is 1.61. The highest BCUT2D eigenvalue weighted by atomic mass is 16.5. The molecule has 0 aliphatic rings. The molecule has 0 aromatic carbocycles. The van der Waals surface area contributed by atoms with Gasteiger partial charge in [0.2, 0.25) is 0 Å². The van der Waals surface area contributed by atoms with Crippen LogP contribution >= 0.6 is 0 Å². The van der Waals surface area contributed by atoms with E-state index in [0.29, 0.717) is 0 Å². The Morgan fingerprint density at radius 2 is 2.13 bits per heavy atom. The molecule has 0 N–H and O–H groups in total. The quantitative estimate of drug-likeness (QED) is 0.507. The number of rotatable bonds is 5. The van der Waals surface area contributed by atoms with E-state index in [2.05, 4.69) is 6.58 Å². The molecule has 4 nitrogen and oxygen atoms in total. The second-order valence-corrected chi connectivity index (χ2v) is 3.16. The summed E-state index contributed by atoms with van der Waals surface area (Å²) in [5.41, 5.74) is -1.37. The minimum absolute atomic E-state index is 0.153. The van der Waals surface area contributed by atoms with Gasteiger partial charge in [0.05, 0.1) is 24.7 Å². The van der Waals surface area contributed by atoms with Crippen molar-refractivity contribution in [2.75, 3.05) is 6.61 Å². The molecule has 0 rings (SSSR count). The topological polar surface area (TPSA) is 73.9 Å². The van der Waals surface area contributed by atoms with E-state index in [1.54, 1.807) is 6.92 Å². The van der Waals surface area contributed by atoms with Crippen molar-refractivity contribution in [2.24, 2.45) is 11.3 Å². The van der Waals surface area contributed by atoms with E-state index in [9.17, 15) is 4.79 Å². The summed E-state index contributed by atoms with van der Waals surface area (Å²) in [7, 11) is 0. The Bertz CT molecular complexity index is 308. The zero-order valence-corrected chi connectivity index (χ0v) is 8.99. The van der Waals surface area contributed by atoms with Gasteiger partial charge < -0.3 is 4.74 Å². The Kier molecular flexibility index (Phi) is 5.12.